The van der Waals surface area contributed by atoms with Crippen molar-refractivity contribution in [3.63, 3.8) is 0 Å². The summed E-state index contributed by atoms with van der Waals surface area (Å²) in [6, 6.07) is 0. The Morgan fingerprint density at radius 2 is 2.00 bits per heavy atom. The number of allylic oxidation sites excluding steroid dienone is 3. The summed E-state index contributed by atoms with van der Waals surface area (Å²) in [4.78, 5) is 2.93. The first kappa shape index (κ1) is 10.0. The van der Waals surface area contributed by atoms with E-state index >= 15 is 0 Å². The van der Waals surface area contributed by atoms with Crippen molar-refractivity contribution >= 4 is 5.97 Å². The molecule has 0 saturated heterocycles. The van der Waals surface area contributed by atoms with Gasteiger partial charge in [0.2, 0.25) is 11.9 Å². The molecule has 0 N–H and O–H groups in total. The van der Waals surface area contributed by atoms with E-state index in [0.29, 0.717) is 6.42 Å². The third-order valence-electron chi connectivity index (χ3n) is 0.891. The normalized spacial score (nSPS) is 15.6. The summed E-state index contributed by atoms with van der Waals surface area (Å²) in [5.41, 5.74) is 0. The van der Waals surface area contributed by atoms with Gasteiger partial charge in [0.15, 0.2) is 0 Å². The average molecular weight is 159 g/mol. The number of nitrogens with zero attached hydrogens (tertiary/aromatic N) is 1. The predicted octanol–water partition coefficient (Wildman–Crippen LogP) is 3.15. The van der Waals surface area contributed by atoms with Crippen molar-refractivity contribution in [1.29, 1.82) is 0 Å². The quantitative estimate of drug-likeness (QED) is 0.481. The van der Waals surface area contributed by atoms with E-state index in [1.807, 2.05) is 13.8 Å². The Morgan fingerprint density at radius 3 is 2.64 bits per heavy atom. The molecule has 0 fully saturated rings. The number of aliphatic imine (C=N–C) groups is 1. The summed E-state index contributed by atoms with van der Waals surface area (Å²) in [5, 5.41) is 0. The molecule has 0 aromatic carbocycles. The molecule has 0 unspecified atom stereocenters. The largest absolute Gasteiger partial charge is 0.215 e. The van der Waals surface area contributed by atoms with Crippen molar-refractivity contribution in [2.24, 2.45) is 4.99 Å². The molecule has 62 valence electrons. The zero-order chi connectivity index (χ0) is 8.69. The summed E-state index contributed by atoms with van der Waals surface area (Å²) in [5.74, 6) is -1.53. The lowest BCUT2D eigenvalue weighted by atomic mass is 10.4. The molecule has 1 heterocycles. The van der Waals surface area contributed by atoms with Crippen LogP contribution in [-0.2, 0) is 0 Å². The van der Waals surface area contributed by atoms with E-state index in [1.54, 1.807) is 0 Å². The minimum Gasteiger partial charge on any atom is -0.191 e. The summed E-state index contributed by atoms with van der Waals surface area (Å²) < 4.78 is 24.2. The van der Waals surface area contributed by atoms with Gasteiger partial charge < -0.3 is 0 Å². The maximum atomic E-state index is 12.1. The maximum Gasteiger partial charge on any atom is 0.215 e. The fourth-order valence-electron chi connectivity index (χ4n) is 0.516. The molecule has 0 aromatic heterocycles. The van der Waals surface area contributed by atoms with Gasteiger partial charge in [0.1, 0.15) is 0 Å². The molecular weight excluding hydrogens is 148 g/mol. The SMILES string of the molecule is CC.FC1=CCC=CC(F)=N1. The molecule has 0 aliphatic carbocycles. The van der Waals surface area contributed by atoms with E-state index in [1.165, 1.54) is 12.2 Å². The second-order valence-corrected chi connectivity index (χ2v) is 1.60. The minimum absolute atomic E-state index is 0.406. The standard InChI is InChI=1S/C6H5F2N.C2H6/c7-5-3-1-2-4-6(8)9-5;1-2/h1,3-4H,2H2;1-2H3. The Balaban J connectivity index is 0.000000461. The monoisotopic (exact) mass is 159 g/mol. The van der Waals surface area contributed by atoms with Crippen LogP contribution in [0.2, 0.25) is 0 Å². The molecule has 1 aliphatic heterocycles. The average Bonchev–Trinajstić information content (AvgIpc) is 2.18. The number of rotatable bonds is 0. The molecule has 3 heteroatoms. The Bertz CT molecular complexity index is 192. The Kier molecular flexibility index (Phi) is 5.25. The highest BCUT2D eigenvalue weighted by molar-refractivity contribution is 5.87. The van der Waals surface area contributed by atoms with Gasteiger partial charge in [0, 0.05) is 0 Å². The van der Waals surface area contributed by atoms with Gasteiger partial charge in [-0.3, -0.25) is 0 Å². The van der Waals surface area contributed by atoms with Crippen molar-refractivity contribution in [3.05, 3.63) is 24.2 Å². The number of hydrogen-bond acceptors (Lipinski definition) is 1. The Labute approximate surface area is 65.1 Å². The molecular formula is C8H11F2N. The van der Waals surface area contributed by atoms with Gasteiger partial charge in [-0.25, -0.2) is 0 Å². The van der Waals surface area contributed by atoms with Gasteiger partial charge >= 0.3 is 0 Å². The van der Waals surface area contributed by atoms with Crippen LogP contribution < -0.4 is 0 Å². The van der Waals surface area contributed by atoms with Crippen LogP contribution in [-0.4, -0.2) is 5.97 Å². The van der Waals surface area contributed by atoms with Crippen LogP contribution >= 0.6 is 0 Å². The first-order valence-electron chi connectivity index (χ1n) is 3.55. The molecule has 0 atom stereocenters. The molecule has 11 heavy (non-hydrogen) atoms. The van der Waals surface area contributed by atoms with Crippen LogP contribution in [0, 0.1) is 0 Å². The van der Waals surface area contributed by atoms with Crippen molar-refractivity contribution in [3.8, 4) is 0 Å². The van der Waals surface area contributed by atoms with Crippen molar-refractivity contribution in [2.75, 3.05) is 0 Å². The van der Waals surface area contributed by atoms with Crippen molar-refractivity contribution in [2.45, 2.75) is 20.3 Å². The lowest BCUT2D eigenvalue weighted by molar-refractivity contribution is 0.618. The summed E-state index contributed by atoms with van der Waals surface area (Å²) in [6.45, 7) is 4.00. The summed E-state index contributed by atoms with van der Waals surface area (Å²) in [6.07, 6.45) is 4.26. The third kappa shape index (κ3) is 4.42. The smallest absolute Gasteiger partial charge is 0.191 e. The molecule has 0 spiro atoms. The topological polar surface area (TPSA) is 12.4 Å². The molecule has 0 aromatic rings. The van der Waals surface area contributed by atoms with E-state index in [4.69, 9.17) is 0 Å². The summed E-state index contributed by atoms with van der Waals surface area (Å²) >= 11 is 0. The van der Waals surface area contributed by atoms with Crippen LogP contribution in [0.4, 0.5) is 8.78 Å². The summed E-state index contributed by atoms with van der Waals surface area (Å²) in [7, 11) is 0. The molecule has 1 rings (SSSR count). The van der Waals surface area contributed by atoms with Crippen LogP contribution in [0.3, 0.4) is 0 Å². The Hall–Kier alpha value is -0.990. The van der Waals surface area contributed by atoms with Gasteiger partial charge in [-0.15, -0.1) is 0 Å². The van der Waals surface area contributed by atoms with Gasteiger partial charge in [-0.05, 0) is 18.6 Å². The van der Waals surface area contributed by atoms with Gasteiger partial charge in [-0.1, -0.05) is 19.9 Å². The van der Waals surface area contributed by atoms with E-state index in [9.17, 15) is 8.78 Å². The Morgan fingerprint density at radius 1 is 1.36 bits per heavy atom. The van der Waals surface area contributed by atoms with E-state index in [2.05, 4.69) is 4.99 Å². The lowest BCUT2D eigenvalue weighted by Crippen LogP contribution is -1.77. The van der Waals surface area contributed by atoms with Crippen molar-refractivity contribution in [1.82, 2.24) is 0 Å². The molecule has 1 nitrogen and oxygen atoms in total. The molecule has 0 bridgehead atoms. The van der Waals surface area contributed by atoms with Crippen LogP contribution in [0.15, 0.2) is 29.2 Å². The molecule has 0 amide bonds. The highest BCUT2D eigenvalue weighted by Crippen LogP contribution is 2.06. The fraction of sp³-hybridized carbons (Fsp3) is 0.375. The van der Waals surface area contributed by atoms with Gasteiger partial charge in [0.25, 0.3) is 0 Å². The van der Waals surface area contributed by atoms with Gasteiger partial charge in [-0.2, -0.15) is 13.8 Å². The van der Waals surface area contributed by atoms with Crippen LogP contribution in [0.25, 0.3) is 0 Å². The van der Waals surface area contributed by atoms with E-state index < -0.39 is 11.9 Å². The first-order chi connectivity index (χ1) is 5.29. The second kappa shape index (κ2) is 5.77. The van der Waals surface area contributed by atoms with Crippen LogP contribution in [0.5, 0.6) is 0 Å². The number of hydrogen-bond donors (Lipinski definition) is 0. The molecule has 1 aliphatic rings. The highest BCUT2D eigenvalue weighted by Gasteiger charge is 1.96. The highest BCUT2D eigenvalue weighted by atomic mass is 19.1. The van der Waals surface area contributed by atoms with E-state index in [0.717, 1.165) is 6.08 Å². The van der Waals surface area contributed by atoms with Gasteiger partial charge in [0.05, 0.1) is 0 Å². The second-order valence-electron chi connectivity index (χ2n) is 1.60. The zero-order valence-electron chi connectivity index (χ0n) is 6.64. The number of halogens is 2. The first-order valence-corrected chi connectivity index (χ1v) is 3.55. The van der Waals surface area contributed by atoms with Crippen LogP contribution in [0.1, 0.15) is 20.3 Å². The third-order valence-corrected chi connectivity index (χ3v) is 0.891. The fourth-order valence-corrected chi connectivity index (χ4v) is 0.516. The lowest BCUT2D eigenvalue weighted by Gasteiger charge is -1.80. The minimum atomic E-state index is -0.777. The molecule has 0 saturated carbocycles. The maximum absolute atomic E-state index is 12.1. The predicted molar refractivity (Wildman–Crippen MR) is 42.8 cm³/mol. The van der Waals surface area contributed by atoms with Crippen molar-refractivity contribution < 1.29 is 8.78 Å². The molecule has 0 radical (unpaired) electrons. The van der Waals surface area contributed by atoms with E-state index in [-0.39, 0.29) is 0 Å². The zero-order valence-corrected chi connectivity index (χ0v) is 6.64.